The Labute approximate surface area is 218 Å². The summed E-state index contributed by atoms with van der Waals surface area (Å²) in [6.45, 7) is 0.309. The molecule has 18 heteroatoms. The van der Waals surface area contributed by atoms with Crippen molar-refractivity contribution in [1.82, 2.24) is 16.0 Å². The molecule has 4 atom stereocenters. The van der Waals surface area contributed by atoms with Crippen LogP contribution in [0.4, 0.5) is 0 Å². The molecule has 17 nitrogen and oxygen atoms in total. The summed E-state index contributed by atoms with van der Waals surface area (Å²) in [6.07, 6.45) is -0.164. The largest absolute Gasteiger partial charge is 0.481 e. The number of carboxylic acids is 2. The van der Waals surface area contributed by atoms with Crippen LogP contribution in [0.3, 0.4) is 0 Å². The summed E-state index contributed by atoms with van der Waals surface area (Å²) in [5.74, 6) is -5.97. The molecule has 0 aromatic heterocycles. The van der Waals surface area contributed by atoms with Gasteiger partial charge in [-0.3, -0.25) is 29.2 Å². The zero-order valence-electron chi connectivity index (χ0n) is 20.1. The van der Waals surface area contributed by atoms with Crippen molar-refractivity contribution in [3.63, 3.8) is 0 Å². The van der Waals surface area contributed by atoms with Crippen LogP contribution in [0, 0.1) is 0 Å². The smallest absolute Gasteiger partial charge is 0.327 e. The number of amides is 3. The molecule has 0 aliphatic rings. The number of carbonyl (C=O) groups is 5. The van der Waals surface area contributed by atoms with Gasteiger partial charge >= 0.3 is 11.9 Å². The molecule has 3 amide bonds. The molecule has 4 unspecified atom stereocenters. The second kappa shape index (κ2) is 17.6. The summed E-state index contributed by atoms with van der Waals surface area (Å²) in [5.41, 5.74) is 26.7. The summed E-state index contributed by atoms with van der Waals surface area (Å²) in [6, 6.07) is -5.32. The Morgan fingerprint density at radius 1 is 0.730 bits per heavy atom. The number of carbonyl (C=O) groups excluding carboxylic acids is 3. The van der Waals surface area contributed by atoms with E-state index in [1.54, 1.807) is 0 Å². The number of nitrogens with one attached hydrogen (secondary N) is 3. The minimum absolute atomic E-state index is 0.0364. The molecule has 210 valence electrons. The van der Waals surface area contributed by atoms with Crippen molar-refractivity contribution in [2.45, 2.75) is 56.3 Å². The van der Waals surface area contributed by atoms with Crippen molar-refractivity contribution in [3.05, 3.63) is 0 Å². The number of aliphatic imine (C=N–C) groups is 2. The highest BCUT2D eigenvalue weighted by atomic mass is 32.1. The minimum Gasteiger partial charge on any atom is -0.481 e. The van der Waals surface area contributed by atoms with Gasteiger partial charge in [0.2, 0.25) is 17.7 Å². The molecule has 0 radical (unpaired) electrons. The lowest BCUT2D eigenvalue weighted by Crippen LogP contribution is -2.57. The molecule has 0 saturated carbocycles. The summed E-state index contributed by atoms with van der Waals surface area (Å²) < 4.78 is 0. The van der Waals surface area contributed by atoms with Crippen LogP contribution in [-0.2, 0) is 24.0 Å². The summed E-state index contributed by atoms with van der Waals surface area (Å²) in [5, 5.41) is 25.2. The van der Waals surface area contributed by atoms with Gasteiger partial charge in [0.15, 0.2) is 11.9 Å². The van der Waals surface area contributed by atoms with Crippen LogP contribution in [0.25, 0.3) is 0 Å². The quantitative estimate of drug-likeness (QED) is 0.0333. The van der Waals surface area contributed by atoms with Gasteiger partial charge in [0.05, 0.1) is 12.5 Å². The van der Waals surface area contributed by atoms with Crippen molar-refractivity contribution < 1.29 is 34.2 Å². The lowest BCUT2D eigenvalue weighted by Gasteiger charge is -2.24. The molecule has 0 bridgehead atoms. The number of thiol groups is 1. The van der Waals surface area contributed by atoms with E-state index in [0.717, 1.165) is 0 Å². The fraction of sp³-hybridized carbons (Fsp3) is 0.632. The van der Waals surface area contributed by atoms with Gasteiger partial charge in [0.25, 0.3) is 0 Å². The normalized spacial score (nSPS) is 13.7. The first-order valence-electron chi connectivity index (χ1n) is 11.1. The SMILES string of the molecule is NC(N)=NCCCC(N)C(=O)NC(CC(=O)O)C(=O)NC(CCCN=C(N)N)C(=O)NC(CS)C(=O)O. The summed E-state index contributed by atoms with van der Waals surface area (Å²) >= 11 is 3.87. The van der Waals surface area contributed by atoms with E-state index >= 15 is 0 Å². The van der Waals surface area contributed by atoms with Gasteiger partial charge in [-0.2, -0.15) is 12.6 Å². The van der Waals surface area contributed by atoms with Crippen molar-refractivity contribution in [1.29, 1.82) is 0 Å². The van der Waals surface area contributed by atoms with Gasteiger partial charge in [-0.05, 0) is 25.7 Å². The molecular weight excluding hydrogens is 512 g/mol. The Kier molecular flexibility index (Phi) is 15.8. The van der Waals surface area contributed by atoms with Crippen LogP contribution in [0.2, 0.25) is 0 Å². The van der Waals surface area contributed by atoms with Gasteiger partial charge in [-0.15, -0.1) is 0 Å². The van der Waals surface area contributed by atoms with Gasteiger partial charge in [0, 0.05) is 18.8 Å². The zero-order valence-corrected chi connectivity index (χ0v) is 21.0. The number of hydrogen-bond donors (Lipinski definition) is 11. The monoisotopic (exact) mass is 548 g/mol. The van der Waals surface area contributed by atoms with Crippen molar-refractivity contribution in [2.24, 2.45) is 38.7 Å². The molecule has 0 spiro atoms. The molecule has 0 aromatic rings. The Hall–Kier alpha value is -3.80. The van der Waals surface area contributed by atoms with Crippen LogP contribution >= 0.6 is 12.6 Å². The van der Waals surface area contributed by atoms with Gasteiger partial charge in [0.1, 0.15) is 18.1 Å². The van der Waals surface area contributed by atoms with Crippen molar-refractivity contribution in [3.8, 4) is 0 Å². The second-order valence-electron chi connectivity index (χ2n) is 7.81. The summed E-state index contributed by atoms with van der Waals surface area (Å²) in [4.78, 5) is 68.1. The van der Waals surface area contributed by atoms with E-state index in [1.165, 1.54) is 0 Å². The number of hydrogen-bond acceptors (Lipinski definition) is 9. The number of carboxylic acid groups (broad SMARTS) is 2. The van der Waals surface area contributed by atoms with E-state index in [9.17, 15) is 29.1 Å². The molecule has 0 rings (SSSR count). The Bertz CT molecular complexity index is 862. The first-order valence-corrected chi connectivity index (χ1v) is 11.7. The number of aliphatic carboxylic acids is 2. The predicted octanol–water partition coefficient (Wildman–Crippen LogP) is -4.64. The highest BCUT2D eigenvalue weighted by molar-refractivity contribution is 7.80. The maximum atomic E-state index is 12.9. The number of rotatable bonds is 18. The highest BCUT2D eigenvalue weighted by Gasteiger charge is 2.31. The van der Waals surface area contributed by atoms with E-state index < -0.39 is 60.2 Å². The number of nitrogens with zero attached hydrogens (tertiary/aromatic N) is 2. The van der Waals surface area contributed by atoms with Crippen molar-refractivity contribution in [2.75, 3.05) is 18.8 Å². The molecule has 0 fully saturated rings. The van der Waals surface area contributed by atoms with E-state index in [2.05, 4.69) is 38.6 Å². The van der Waals surface area contributed by atoms with Crippen LogP contribution < -0.4 is 44.6 Å². The lowest BCUT2D eigenvalue weighted by molar-refractivity contribution is -0.142. The Morgan fingerprint density at radius 3 is 1.65 bits per heavy atom. The lowest BCUT2D eigenvalue weighted by atomic mass is 10.1. The average Bonchev–Trinajstić information content (AvgIpc) is 2.80. The number of nitrogens with two attached hydrogens (primary N) is 5. The minimum atomic E-state index is -1.58. The third kappa shape index (κ3) is 15.0. The van der Waals surface area contributed by atoms with Gasteiger partial charge in [-0.25, -0.2) is 4.79 Å². The zero-order chi connectivity index (χ0) is 28.5. The maximum absolute atomic E-state index is 12.9. The van der Waals surface area contributed by atoms with Crippen LogP contribution in [0.15, 0.2) is 9.98 Å². The van der Waals surface area contributed by atoms with Crippen LogP contribution in [0.1, 0.15) is 32.1 Å². The fourth-order valence-corrected chi connectivity index (χ4v) is 3.06. The standard InChI is InChI=1S/C19H36N10O7S/c20-9(3-1-5-25-18(21)22)14(32)28-11(7-13(30)31)16(34)27-10(4-2-6-26-19(23)24)15(33)29-12(8-37)17(35)36/h9-12,37H,1-8,20H2,(H,27,34)(H,28,32)(H,29,33)(H,30,31)(H,35,36)(H4,21,22,25)(H4,23,24,26). The molecule has 0 saturated heterocycles. The third-order valence-electron chi connectivity index (χ3n) is 4.69. The topological polar surface area (TPSA) is 317 Å². The first-order chi connectivity index (χ1) is 17.3. The number of guanidine groups is 2. The van der Waals surface area contributed by atoms with E-state index in [0.29, 0.717) is 6.42 Å². The van der Waals surface area contributed by atoms with E-state index in [1.807, 2.05) is 0 Å². The molecule has 0 aromatic carbocycles. The van der Waals surface area contributed by atoms with Gasteiger partial charge < -0.3 is 54.8 Å². The predicted molar refractivity (Wildman–Crippen MR) is 137 cm³/mol. The maximum Gasteiger partial charge on any atom is 0.327 e. The Morgan fingerprint density at radius 2 is 1.19 bits per heavy atom. The molecule has 0 aliphatic carbocycles. The first kappa shape index (κ1) is 33.2. The molecule has 37 heavy (non-hydrogen) atoms. The molecular formula is C19H36N10O7S. The van der Waals surface area contributed by atoms with Crippen molar-refractivity contribution >= 4 is 54.2 Å². The Balaban J connectivity index is 5.46. The average molecular weight is 549 g/mol. The molecule has 0 heterocycles. The third-order valence-corrected chi connectivity index (χ3v) is 5.06. The van der Waals surface area contributed by atoms with Crippen LogP contribution in [-0.4, -0.2) is 94.8 Å². The van der Waals surface area contributed by atoms with E-state index in [-0.39, 0.29) is 50.0 Å². The molecule has 15 N–H and O–H groups in total. The van der Waals surface area contributed by atoms with Gasteiger partial charge in [-0.1, -0.05) is 0 Å². The van der Waals surface area contributed by atoms with E-state index in [4.69, 9.17) is 33.8 Å². The molecule has 0 aliphatic heterocycles. The van der Waals surface area contributed by atoms with Crippen LogP contribution in [0.5, 0.6) is 0 Å². The highest BCUT2D eigenvalue weighted by Crippen LogP contribution is 2.04. The second-order valence-corrected chi connectivity index (χ2v) is 8.17. The summed E-state index contributed by atoms with van der Waals surface area (Å²) in [7, 11) is 0. The fourth-order valence-electron chi connectivity index (χ4n) is 2.82.